The number of imidazole rings is 1. The molecule has 3 aliphatic rings. The zero-order chi connectivity index (χ0) is 35.8. The molecule has 262 valence electrons. The molecule has 2 aromatic carbocycles. The molecule has 0 unspecified atom stereocenters. The minimum absolute atomic E-state index is 0.0457. The van der Waals surface area contributed by atoms with E-state index < -0.39 is 51.8 Å². The monoisotopic (exact) mass is 714 g/mol. The van der Waals surface area contributed by atoms with Crippen LogP contribution >= 0.6 is 0 Å². The van der Waals surface area contributed by atoms with Gasteiger partial charge in [0.1, 0.15) is 6.61 Å². The van der Waals surface area contributed by atoms with Crippen LogP contribution in [0.2, 0.25) is 0 Å². The number of rotatable bonds is 4. The summed E-state index contributed by atoms with van der Waals surface area (Å²) in [4.78, 5) is 44.2. The molecule has 17 heteroatoms. The summed E-state index contributed by atoms with van der Waals surface area (Å²) in [6, 6.07) is 13.1. The number of amides is 2. The molecule has 2 aliphatic heterocycles. The normalized spacial score (nSPS) is 19.0. The maximum absolute atomic E-state index is 15.9. The predicted octanol–water partition coefficient (Wildman–Crippen LogP) is 3.53. The fourth-order valence-corrected chi connectivity index (χ4v) is 8.80. The first-order valence-corrected chi connectivity index (χ1v) is 17.4. The van der Waals surface area contributed by atoms with Gasteiger partial charge >= 0.3 is 11.8 Å². The molecule has 9 rings (SSSR count). The number of benzene rings is 2. The van der Waals surface area contributed by atoms with Gasteiger partial charge in [-0.15, -0.1) is 5.10 Å². The van der Waals surface area contributed by atoms with Crippen LogP contribution in [-0.4, -0.2) is 74.2 Å². The van der Waals surface area contributed by atoms with Crippen LogP contribution in [0.4, 0.5) is 14.9 Å². The SMILES string of the molecule is COC(=O)N[C@H]1C[C@H]2C[C@H]1OCC(=O)Nc1ccc(cc1)-c1c(-c3cn(C)nc3F)n(S(=O)(=O)c3ccccc3)c3ncc4c(c13)n2c(=O)n4C. The first-order chi connectivity index (χ1) is 24.5. The zero-order valence-corrected chi connectivity index (χ0v) is 28.3. The van der Waals surface area contributed by atoms with Gasteiger partial charge < -0.3 is 20.1 Å². The number of methoxy groups -OCH3 is 1. The summed E-state index contributed by atoms with van der Waals surface area (Å²) in [5.74, 6) is -1.37. The Hall–Kier alpha value is -5.81. The second-order valence-electron chi connectivity index (χ2n) is 12.6. The molecular weight excluding hydrogens is 683 g/mol. The second-order valence-corrected chi connectivity index (χ2v) is 14.3. The van der Waals surface area contributed by atoms with E-state index in [4.69, 9.17) is 9.47 Å². The van der Waals surface area contributed by atoms with Gasteiger partial charge in [-0.3, -0.25) is 18.6 Å². The third kappa shape index (κ3) is 5.10. The number of aromatic nitrogens is 6. The minimum Gasteiger partial charge on any atom is -0.453 e. The number of alkyl carbamates (subject to hydrolysis) is 1. The van der Waals surface area contributed by atoms with Crippen LogP contribution in [0, 0.1) is 5.95 Å². The van der Waals surface area contributed by atoms with Crippen molar-refractivity contribution in [1.29, 1.82) is 0 Å². The average Bonchev–Trinajstić information content (AvgIpc) is 3.84. The Labute approximate surface area is 289 Å². The van der Waals surface area contributed by atoms with E-state index in [1.54, 1.807) is 54.1 Å². The molecule has 1 aliphatic carbocycles. The standard InChI is InChI=1S/C34H31FN8O7S/c1-40-16-22(31(35)39-40)29-27-18-9-11-19(12-10-18)37-26(44)17-50-25-14-20(13-23(25)38-33(45)49-3)42-30-24(41(2)34(42)46)15-36-32(28(27)30)43(29)51(47,48)21-7-5-4-6-8-21/h4-12,15-16,20,23,25H,13-14,17H2,1-3H3,(H,37,44)(H,38,45)/t20-,23-,25+/m0/s1. The average molecular weight is 715 g/mol. The topological polar surface area (TPSA) is 173 Å². The van der Waals surface area contributed by atoms with Crippen molar-refractivity contribution in [3.8, 4) is 22.4 Å². The van der Waals surface area contributed by atoms with Gasteiger partial charge in [0.2, 0.25) is 11.9 Å². The maximum atomic E-state index is 15.9. The van der Waals surface area contributed by atoms with Crippen molar-refractivity contribution >= 4 is 49.8 Å². The third-order valence-electron chi connectivity index (χ3n) is 9.53. The van der Waals surface area contributed by atoms with Crippen LogP contribution in [0.1, 0.15) is 18.9 Å². The lowest BCUT2D eigenvalue weighted by molar-refractivity contribution is -0.122. The third-order valence-corrected chi connectivity index (χ3v) is 11.2. The zero-order valence-electron chi connectivity index (χ0n) is 27.5. The van der Waals surface area contributed by atoms with Gasteiger partial charge in [0.25, 0.3) is 10.0 Å². The van der Waals surface area contributed by atoms with Crippen molar-refractivity contribution in [3.05, 3.63) is 83.4 Å². The maximum Gasteiger partial charge on any atom is 0.407 e. The van der Waals surface area contributed by atoms with E-state index >= 15 is 4.39 Å². The van der Waals surface area contributed by atoms with Gasteiger partial charge in [0.05, 0.1) is 58.0 Å². The van der Waals surface area contributed by atoms with E-state index in [2.05, 4.69) is 20.7 Å². The molecule has 1 saturated carbocycles. The van der Waals surface area contributed by atoms with Gasteiger partial charge in [-0.25, -0.2) is 27.0 Å². The number of ether oxygens (including phenoxy) is 2. The Morgan fingerprint density at radius 1 is 1.08 bits per heavy atom. The number of aryl methyl sites for hydroxylation is 2. The van der Waals surface area contributed by atoms with Crippen LogP contribution in [-0.2, 0) is 38.4 Å². The van der Waals surface area contributed by atoms with Crippen molar-refractivity contribution < 1.29 is 31.9 Å². The summed E-state index contributed by atoms with van der Waals surface area (Å²) >= 11 is 0. The number of carbonyl (C=O) groups is 2. The first kappa shape index (κ1) is 32.4. The number of nitrogens with zero attached hydrogens (tertiary/aromatic N) is 6. The Morgan fingerprint density at radius 3 is 2.51 bits per heavy atom. The summed E-state index contributed by atoms with van der Waals surface area (Å²) in [6.07, 6.45) is 1.81. The first-order valence-electron chi connectivity index (χ1n) is 16.0. The molecule has 1 fully saturated rings. The molecule has 15 nitrogen and oxygen atoms in total. The van der Waals surface area contributed by atoms with Crippen molar-refractivity contribution in [2.24, 2.45) is 14.1 Å². The number of hydrogen-bond acceptors (Lipinski definition) is 9. The second kappa shape index (κ2) is 11.9. The molecule has 51 heavy (non-hydrogen) atoms. The Kier molecular flexibility index (Phi) is 7.57. The summed E-state index contributed by atoms with van der Waals surface area (Å²) < 4.78 is 61.5. The number of pyridine rings is 1. The van der Waals surface area contributed by atoms with Crippen LogP contribution in [0.3, 0.4) is 0 Å². The van der Waals surface area contributed by atoms with E-state index in [0.717, 1.165) is 3.97 Å². The van der Waals surface area contributed by atoms with Crippen LogP contribution in [0.5, 0.6) is 0 Å². The highest BCUT2D eigenvalue weighted by Gasteiger charge is 2.41. The highest BCUT2D eigenvalue weighted by molar-refractivity contribution is 7.90. The number of fused-ring (bicyclic) bond motifs is 5. The van der Waals surface area contributed by atoms with Gasteiger partial charge in [0.15, 0.2) is 5.65 Å². The van der Waals surface area contributed by atoms with Crippen molar-refractivity contribution in [2.45, 2.75) is 35.9 Å². The van der Waals surface area contributed by atoms with Crippen LogP contribution < -0.4 is 16.3 Å². The van der Waals surface area contributed by atoms with Gasteiger partial charge in [-0.2, -0.15) is 4.39 Å². The Bertz CT molecular complexity index is 2560. The number of nitrogens with one attached hydrogen (secondary N) is 2. The number of carbonyl (C=O) groups excluding carboxylic acids is 2. The molecule has 0 radical (unpaired) electrons. The largest absolute Gasteiger partial charge is 0.453 e. The van der Waals surface area contributed by atoms with Gasteiger partial charge in [-0.1, -0.05) is 30.3 Å². The van der Waals surface area contributed by atoms with Crippen molar-refractivity contribution in [1.82, 2.24) is 33.2 Å². The van der Waals surface area contributed by atoms with E-state index in [0.29, 0.717) is 22.3 Å². The lowest BCUT2D eigenvalue weighted by atomic mass is 9.99. The lowest BCUT2D eigenvalue weighted by Gasteiger charge is -2.20. The molecule has 4 aromatic heterocycles. The van der Waals surface area contributed by atoms with Gasteiger partial charge in [-0.05, 0) is 42.7 Å². The van der Waals surface area contributed by atoms with Crippen LogP contribution in [0.15, 0.2) is 76.7 Å². The number of halogens is 1. The molecule has 6 aromatic rings. The summed E-state index contributed by atoms with van der Waals surface area (Å²) in [7, 11) is -0.144. The molecule has 6 heterocycles. The smallest absolute Gasteiger partial charge is 0.407 e. The molecular formula is C34H31FN8O7S. The number of anilines is 1. The fourth-order valence-electron chi connectivity index (χ4n) is 7.29. The molecule has 3 atom stereocenters. The summed E-state index contributed by atoms with van der Waals surface area (Å²) in [5, 5.41) is 9.74. The summed E-state index contributed by atoms with van der Waals surface area (Å²) in [5.41, 5.74) is 1.24. The molecule has 2 N–H and O–H groups in total. The molecule has 0 spiro atoms. The Morgan fingerprint density at radius 2 is 1.82 bits per heavy atom. The highest BCUT2D eigenvalue weighted by Crippen LogP contribution is 2.46. The fraction of sp³-hybridized carbons (Fsp3) is 0.265. The van der Waals surface area contributed by atoms with E-state index in [1.165, 1.54) is 47.9 Å². The molecule has 2 amide bonds. The van der Waals surface area contributed by atoms with Crippen molar-refractivity contribution in [2.75, 3.05) is 19.0 Å². The van der Waals surface area contributed by atoms with E-state index in [-0.39, 0.29) is 52.2 Å². The van der Waals surface area contributed by atoms with E-state index in [1.807, 2.05) is 0 Å². The van der Waals surface area contributed by atoms with Crippen LogP contribution in [0.25, 0.3) is 44.5 Å². The quantitative estimate of drug-likeness (QED) is 0.277. The van der Waals surface area contributed by atoms with Crippen molar-refractivity contribution in [3.63, 3.8) is 0 Å². The molecule has 0 saturated heterocycles. The summed E-state index contributed by atoms with van der Waals surface area (Å²) in [6.45, 7) is -0.329. The highest BCUT2D eigenvalue weighted by atomic mass is 32.2. The van der Waals surface area contributed by atoms with Gasteiger partial charge in [0, 0.05) is 37.6 Å². The number of hydrogen-bond donors (Lipinski definition) is 2. The molecule has 4 bridgehead atoms. The van der Waals surface area contributed by atoms with E-state index in [9.17, 15) is 22.8 Å². The Balaban J connectivity index is 1.54. The predicted molar refractivity (Wildman–Crippen MR) is 183 cm³/mol. The lowest BCUT2D eigenvalue weighted by Crippen LogP contribution is -2.42. The minimum atomic E-state index is -4.47.